The Kier molecular flexibility index (Phi) is 6.72. The molecule has 2 aromatic rings. The zero-order valence-corrected chi connectivity index (χ0v) is 15.6. The van der Waals surface area contributed by atoms with Crippen LogP contribution in [0.5, 0.6) is 5.75 Å². The fourth-order valence-corrected chi connectivity index (χ4v) is 2.43. The number of amides is 3. The van der Waals surface area contributed by atoms with E-state index in [1.807, 2.05) is 0 Å². The van der Waals surface area contributed by atoms with Crippen LogP contribution in [0.1, 0.15) is 12.0 Å². The van der Waals surface area contributed by atoms with E-state index in [1.54, 1.807) is 19.1 Å². The molecule has 0 bridgehead atoms. The SMILES string of the molecule is Cc1cc(=O)oc2cc(OC(=O)N(C)CCNC(=O)[C@H](N)CC(N)=O)ccc12. The molecule has 0 saturated heterocycles. The van der Waals surface area contributed by atoms with Crippen LogP contribution in [-0.4, -0.2) is 49.0 Å². The standard InChI is InChI=1S/C18H22N4O6/c1-10-7-16(24)28-14-8-11(3-4-12(10)14)27-18(26)22(2)6-5-21-17(25)13(19)9-15(20)23/h3-4,7-8,13H,5-6,9,19H2,1-2H3,(H2,20,23)(H,21,25)/t13-/m1/s1. The number of nitrogens with zero attached hydrogens (tertiary/aromatic N) is 1. The molecule has 0 aliphatic carbocycles. The van der Waals surface area contributed by atoms with Crippen molar-refractivity contribution in [2.45, 2.75) is 19.4 Å². The summed E-state index contributed by atoms with van der Waals surface area (Å²) in [6.45, 7) is 2.04. The summed E-state index contributed by atoms with van der Waals surface area (Å²) in [4.78, 5) is 47.3. The van der Waals surface area contributed by atoms with E-state index in [9.17, 15) is 19.2 Å². The topological polar surface area (TPSA) is 158 Å². The third-order valence-electron chi connectivity index (χ3n) is 3.94. The Morgan fingerprint density at radius 2 is 2.00 bits per heavy atom. The van der Waals surface area contributed by atoms with E-state index < -0.39 is 29.6 Å². The lowest BCUT2D eigenvalue weighted by atomic mass is 10.1. The minimum Gasteiger partial charge on any atom is -0.423 e. The van der Waals surface area contributed by atoms with Crippen LogP contribution in [0.3, 0.4) is 0 Å². The van der Waals surface area contributed by atoms with Crippen LogP contribution in [0, 0.1) is 6.92 Å². The molecule has 3 amide bonds. The van der Waals surface area contributed by atoms with Crippen molar-refractivity contribution in [2.24, 2.45) is 11.5 Å². The molecule has 0 fully saturated rings. The maximum absolute atomic E-state index is 12.2. The number of fused-ring (bicyclic) bond motifs is 1. The Morgan fingerprint density at radius 3 is 2.68 bits per heavy atom. The van der Waals surface area contributed by atoms with Crippen molar-refractivity contribution in [3.05, 3.63) is 40.2 Å². The molecule has 150 valence electrons. The molecule has 0 saturated carbocycles. The van der Waals surface area contributed by atoms with Gasteiger partial charge in [-0.2, -0.15) is 0 Å². The smallest absolute Gasteiger partial charge is 0.415 e. The molecule has 10 heteroatoms. The predicted octanol–water partition coefficient (Wildman–Crippen LogP) is -0.149. The van der Waals surface area contributed by atoms with E-state index in [2.05, 4.69) is 5.32 Å². The maximum atomic E-state index is 12.2. The number of hydrogen-bond acceptors (Lipinski definition) is 7. The Labute approximate surface area is 160 Å². The molecule has 1 heterocycles. The van der Waals surface area contributed by atoms with Gasteiger partial charge < -0.3 is 30.8 Å². The fourth-order valence-electron chi connectivity index (χ4n) is 2.43. The molecule has 1 aromatic carbocycles. The third-order valence-corrected chi connectivity index (χ3v) is 3.94. The van der Waals surface area contributed by atoms with E-state index in [0.717, 1.165) is 10.9 Å². The number of ether oxygens (including phenoxy) is 1. The molecule has 1 aromatic heterocycles. The van der Waals surface area contributed by atoms with Crippen molar-refractivity contribution in [2.75, 3.05) is 20.1 Å². The molecular weight excluding hydrogens is 368 g/mol. The van der Waals surface area contributed by atoms with Crippen LogP contribution < -0.4 is 27.1 Å². The normalized spacial score (nSPS) is 11.7. The lowest BCUT2D eigenvalue weighted by molar-refractivity contribution is -0.126. The second-order valence-electron chi connectivity index (χ2n) is 6.26. The molecule has 1 atom stereocenters. The molecule has 5 N–H and O–H groups in total. The number of nitrogens with two attached hydrogens (primary N) is 2. The molecule has 0 radical (unpaired) electrons. The van der Waals surface area contributed by atoms with Gasteiger partial charge in [-0.1, -0.05) is 0 Å². The number of benzene rings is 1. The van der Waals surface area contributed by atoms with Gasteiger partial charge in [0, 0.05) is 37.7 Å². The number of carbonyl (C=O) groups excluding carboxylic acids is 3. The van der Waals surface area contributed by atoms with Crippen molar-refractivity contribution in [1.82, 2.24) is 10.2 Å². The van der Waals surface area contributed by atoms with E-state index in [4.69, 9.17) is 20.6 Å². The summed E-state index contributed by atoms with van der Waals surface area (Å²) in [6.07, 6.45) is -0.925. The van der Waals surface area contributed by atoms with Crippen molar-refractivity contribution < 1.29 is 23.5 Å². The van der Waals surface area contributed by atoms with Crippen LogP contribution in [0.4, 0.5) is 4.79 Å². The highest BCUT2D eigenvalue weighted by atomic mass is 16.6. The molecule has 0 aliphatic rings. The first-order valence-electron chi connectivity index (χ1n) is 8.46. The molecule has 2 rings (SSSR count). The number of hydrogen-bond donors (Lipinski definition) is 3. The summed E-state index contributed by atoms with van der Waals surface area (Å²) in [7, 11) is 1.49. The van der Waals surface area contributed by atoms with Crippen LogP contribution in [0.15, 0.2) is 33.5 Å². The minimum atomic E-state index is -1.04. The number of aryl methyl sites for hydroxylation is 1. The van der Waals surface area contributed by atoms with Gasteiger partial charge in [0.05, 0.1) is 12.5 Å². The molecule has 0 spiro atoms. The number of primary amides is 1. The number of rotatable bonds is 7. The van der Waals surface area contributed by atoms with Gasteiger partial charge in [-0.15, -0.1) is 0 Å². The zero-order chi connectivity index (χ0) is 20.8. The van der Waals surface area contributed by atoms with E-state index in [-0.39, 0.29) is 25.3 Å². The third kappa shape index (κ3) is 5.55. The lowest BCUT2D eigenvalue weighted by Crippen LogP contribution is -2.45. The summed E-state index contributed by atoms with van der Waals surface area (Å²) < 4.78 is 10.4. The van der Waals surface area contributed by atoms with Gasteiger partial charge in [-0.25, -0.2) is 9.59 Å². The summed E-state index contributed by atoms with van der Waals surface area (Å²) in [5.41, 5.74) is 11.1. The first-order chi connectivity index (χ1) is 13.2. The summed E-state index contributed by atoms with van der Waals surface area (Å²) in [5.74, 6) is -1.00. The molecule has 0 aliphatic heterocycles. The van der Waals surface area contributed by atoms with Crippen molar-refractivity contribution >= 4 is 28.9 Å². The number of likely N-dealkylation sites (N-methyl/N-ethyl adjacent to an activating group) is 1. The number of nitrogens with one attached hydrogen (secondary N) is 1. The second kappa shape index (κ2) is 9.00. The first kappa shape index (κ1) is 20.9. The molecule has 28 heavy (non-hydrogen) atoms. The Morgan fingerprint density at radius 1 is 1.29 bits per heavy atom. The van der Waals surface area contributed by atoms with Gasteiger partial charge in [0.15, 0.2) is 0 Å². The predicted molar refractivity (Wildman–Crippen MR) is 101 cm³/mol. The lowest BCUT2D eigenvalue weighted by Gasteiger charge is -2.18. The first-order valence-corrected chi connectivity index (χ1v) is 8.46. The van der Waals surface area contributed by atoms with Crippen molar-refractivity contribution in [3.8, 4) is 5.75 Å². The summed E-state index contributed by atoms with van der Waals surface area (Å²) >= 11 is 0. The van der Waals surface area contributed by atoms with E-state index >= 15 is 0 Å². The van der Waals surface area contributed by atoms with Crippen LogP contribution in [0.25, 0.3) is 11.0 Å². The molecule has 0 unspecified atom stereocenters. The Bertz CT molecular complexity index is 955. The van der Waals surface area contributed by atoms with Crippen molar-refractivity contribution in [1.29, 1.82) is 0 Å². The maximum Gasteiger partial charge on any atom is 0.415 e. The van der Waals surface area contributed by atoms with Gasteiger partial charge in [-0.3, -0.25) is 9.59 Å². The highest BCUT2D eigenvalue weighted by Gasteiger charge is 2.17. The van der Waals surface area contributed by atoms with E-state index in [1.165, 1.54) is 24.1 Å². The van der Waals surface area contributed by atoms with Gasteiger partial charge >= 0.3 is 11.7 Å². The molecular formula is C18H22N4O6. The highest BCUT2D eigenvalue weighted by molar-refractivity contribution is 5.87. The van der Waals surface area contributed by atoms with Gasteiger partial charge in [0.2, 0.25) is 11.8 Å². The Hall–Kier alpha value is -3.40. The zero-order valence-electron chi connectivity index (χ0n) is 15.6. The van der Waals surface area contributed by atoms with Gasteiger partial charge in [-0.05, 0) is 24.6 Å². The van der Waals surface area contributed by atoms with E-state index in [0.29, 0.717) is 5.58 Å². The minimum absolute atomic E-state index is 0.114. The van der Waals surface area contributed by atoms with Crippen molar-refractivity contribution in [3.63, 3.8) is 0 Å². The second-order valence-corrected chi connectivity index (χ2v) is 6.26. The van der Waals surface area contributed by atoms with Gasteiger partial charge in [0.25, 0.3) is 0 Å². The van der Waals surface area contributed by atoms with Crippen LogP contribution >= 0.6 is 0 Å². The Balaban J connectivity index is 1.90. The van der Waals surface area contributed by atoms with Gasteiger partial charge in [0.1, 0.15) is 11.3 Å². The summed E-state index contributed by atoms with van der Waals surface area (Å²) in [5, 5.41) is 3.24. The largest absolute Gasteiger partial charge is 0.423 e. The van der Waals surface area contributed by atoms with Crippen LogP contribution in [-0.2, 0) is 9.59 Å². The average Bonchev–Trinajstić information content (AvgIpc) is 2.60. The van der Waals surface area contributed by atoms with Crippen LogP contribution in [0.2, 0.25) is 0 Å². The highest BCUT2D eigenvalue weighted by Crippen LogP contribution is 2.22. The average molecular weight is 390 g/mol. The fraction of sp³-hybridized carbons (Fsp3) is 0.333. The monoisotopic (exact) mass is 390 g/mol. The molecule has 10 nitrogen and oxygen atoms in total. The number of carbonyl (C=O) groups is 3. The summed E-state index contributed by atoms with van der Waals surface area (Å²) in [6, 6.07) is 5.08. The quantitative estimate of drug-likeness (QED) is 0.555.